The number of hydrogen-bond acceptors (Lipinski definition) is 4. The first kappa shape index (κ1) is 15.2. The molecule has 0 aliphatic rings. The van der Waals surface area contributed by atoms with Gasteiger partial charge in [0.1, 0.15) is 5.82 Å². The molecule has 0 radical (unpaired) electrons. The average Bonchev–Trinajstić information content (AvgIpc) is 2.40. The zero-order chi connectivity index (χ0) is 14.5. The van der Waals surface area contributed by atoms with E-state index in [2.05, 4.69) is 26.2 Å². The number of nitrogens with one attached hydrogen (secondary N) is 1. The normalized spacial score (nSPS) is 10.3. The number of amides is 1. The van der Waals surface area contributed by atoms with Crippen LogP contribution in [0, 0.1) is 0 Å². The number of thioether (sulfide) groups is 1. The van der Waals surface area contributed by atoms with Crippen molar-refractivity contribution in [2.24, 2.45) is 0 Å². The van der Waals surface area contributed by atoms with Gasteiger partial charge in [-0.15, -0.1) is 11.8 Å². The minimum atomic E-state index is -0.140. The number of nitrogen functional groups attached to an aromatic ring is 1. The van der Waals surface area contributed by atoms with Crippen LogP contribution < -0.4 is 11.1 Å². The van der Waals surface area contributed by atoms with Crippen LogP contribution in [0.25, 0.3) is 0 Å². The summed E-state index contributed by atoms with van der Waals surface area (Å²) < 4.78 is 0.860. The monoisotopic (exact) mass is 371 g/mol. The van der Waals surface area contributed by atoms with Gasteiger partial charge in [-0.3, -0.25) is 4.79 Å². The predicted octanol–water partition coefficient (Wildman–Crippen LogP) is 3.81. The quantitative estimate of drug-likeness (QED) is 0.632. The lowest BCUT2D eigenvalue weighted by Crippen LogP contribution is -2.14. The number of carbonyl (C=O) groups is 1. The van der Waals surface area contributed by atoms with Crippen molar-refractivity contribution in [1.82, 2.24) is 4.98 Å². The summed E-state index contributed by atoms with van der Waals surface area (Å²) in [6.45, 7) is 0. The number of carbonyl (C=O) groups excluding carboxylic acids is 1. The summed E-state index contributed by atoms with van der Waals surface area (Å²) in [6.07, 6.45) is 1.62. The second-order valence-corrected chi connectivity index (χ2v) is 6.25. The first-order valence-electron chi connectivity index (χ1n) is 5.64. The van der Waals surface area contributed by atoms with Crippen LogP contribution in [0.2, 0.25) is 5.02 Å². The van der Waals surface area contributed by atoms with Gasteiger partial charge in [-0.2, -0.15) is 0 Å². The van der Waals surface area contributed by atoms with Crippen LogP contribution in [0.1, 0.15) is 0 Å². The molecular weight excluding hydrogens is 362 g/mol. The van der Waals surface area contributed by atoms with Crippen molar-refractivity contribution in [3.63, 3.8) is 0 Å². The van der Waals surface area contributed by atoms with Crippen LogP contribution in [-0.4, -0.2) is 16.6 Å². The highest BCUT2D eigenvalue weighted by atomic mass is 79.9. The van der Waals surface area contributed by atoms with Crippen LogP contribution in [0.4, 0.5) is 11.5 Å². The maximum absolute atomic E-state index is 11.8. The maximum atomic E-state index is 11.8. The zero-order valence-electron chi connectivity index (χ0n) is 10.3. The Kier molecular flexibility index (Phi) is 5.28. The molecule has 7 heteroatoms. The molecule has 3 N–H and O–H groups in total. The lowest BCUT2D eigenvalue weighted by atomic mass is 10.3. The summed E-state index contributed by atoms with van der Waals surface area (Å²) >= 11 is 10.5. The minimum absolute atomic E-state index is 0.140. The fraction of sp³-hybridized carbons (Fsp3) is 0.0769. The largest absolute Gasteiger partial charge is 0.398 e. The van der Waals surface area contributed by atoms with Gasteiger partial charge in [-0.05, 0) is 46.3 Å². The first-order valence-corrected chi connectivity index (χ1v) is 7.79. The second-order valence-electron chi connectivity index (χ2n) is 3.88. The van der Waals surface area contributed by atoms with Gasteiger partial charge < -0.3 is 11.1 Å². The Balaban J connectivity index is 1.90. The number of aromatic nitrogens is 1. The molecule has 0 aliphatic heterocycles. The van der Waals surface area contributed by atoms with Gasteiger partial charge in [0.25, 0.3) is 0 Å². The second kappa shape index (κ2) is 6.97. The summed E-state index contributed by atoms with van der Waals surface area (Å²) in [5.41, 5.74) is 6.39. The van der Waals surface area contributed by atoms with Crippen LogP contribution in [0.15, 0.2) is 45.9 Å². The molecule has 1 aromatic heterocycles. The fourth-order valence-corrected chi connectivity index (χ4v) is 2.59. The Bertz CT molecular complexity index is 622. The minimum Gasteiger partial charge on any atom is -0.398 e. The Labute approximate surface area is 134 Å². The van der Waals surface area contributed by atoms with Crippen LogP contribution in [0.3, 0.4) is 0 Å². The third-order valence-electron chi connectivity index (χ3n) is 2.33. The number of rotatable bonds is 4. The molecule has 4 nitrogen and oxygen atoms in total. The van der Waals surface area contributed by atoms with E-state index < -0.39 is 0 Å². The van der Waals surface area contributed by atoms with Crippen molar-refractivity contribution in [3.05, 3.63) is 46.0 Å². The van der Waals surface area contributed by atoms with Crippen molar-refractivity contribution in [3.8, 4) is 0 Å². The van der Waals surface area contributed by atoms with Crippen LogP contribution >= 0.6 is 39.3 Å². The first-order chi connectivity index (χ1) is 9.54. The summed E-state index contributed by atoms with van der Waals surface area (Å²) in [7, 11) is 0. The van der Waals surface area contributed by atoms with E-state index in [0.717, 1.165) is 9.37 Å². The molecule has 0 aliphatic carbocycles. The Morgan fingerprint density at radius 2 is 2.20 bits per heavy atom. The molecule has 0 spiro atoms. The highest BCUT2D eigenvalue weighted by molar-refractivity contribution is 9.10. The van der Waals surface area contributed by atoms with Gasteiger partial charge in [-0.25, -0.2) is 4.98 Å². The Hall–Kier alpha value is -1.24. The molecular formula is C13H11BrClN3OS. The Morgan fingerprint density at radius 3 is 2.85 bits per heavy atom. The highest BCUT2D eigenvalue weighted by Gasteiger charge is 2.07. The fourth-order valence-electron chi connectivity index (χ4n) is 1.42. The van der Waals surface area contributed by atoms with Crippen LogP contribution in [-0.2, 0) is 4.79 Å². The van der Waals surface area contributed by atoms with Gasteiger partial charge in [0.2, 0.25) is 5.91 Å². The van der Waals surface area contributed by atoms with E-state index in [9.17, 15) is 4.79 Å². The van der Waals surface area contributed by atoms with Crippen molar-refractivity contribution < 1.29 is 4.79 Å². The van der Waals surface area contributed by atoms with Crippen molar-refractivity contribution in [2.45, 2.75) is 4.90 Å². The maximum Gasteiger partial charge on any atom is 0.235 e. The van der Waals surface area contributed by atoms with E-state index in [1.165, 1.54) is 11.8 Å². The third kappa shape index (κ3) is 4.40. The lowest BCUT2D eigenvalue weighted by Gasteiger charge is -2.06. The zero-order valence-corrected chi connectivity index (χ0v) is 13.4. The molecule has 1 heterocycles. The number of pyridine rings is 1. The molecule has 0 saturated carbocycles. The molecule has 1 aromatic carbocycles. The topological polar surface area (TPSA) is 68.0 Å². The smallest absolute Gasteiger partial charge is 0.235 e. The predicted molar refractivity (Wildman–Crippen MR) is 87.2 cm³/mol. The molecule has 2 rings (SSSR count). The van der Waals surface area contributed by atoms with Gasteiger partial charge in [0.15, 0.2) is 0 Å². The number of hydrogen-bond donors (Lipinski definition) is 2. The van der Waals surface area contributed by atoms with E-state index >= 15 is 0 Å². The van der Waals surface area contributed by atoms with E-state index in [4.69, 9.17) is 17.3 Å². The molecule has 0 atom stereocenters. The van der Waals surface area contributed by atoms with E-state index in [1.54, 1.807) is 30.5 Å². The van der Waals surface area contributed by atoms with E-state index in [-0.39, 0.29) is 11.7 Å². The van der Waals surface area contributed by atoms with E-state index in [0.29, 0.717) is 16.5 Å². The molecule has 1 amide bonds. The highest BCUT2D eigenvalue weighted by Crippen LogP contribution is 2.27. The lowest BCUT2D eigenvalue weighted by molar-refractivity contribution is -0.113. The van der Waals surface area contributed by atoms with Gasteiger partial charge in [-0.1, -0.05) is 11.6 Å². The third-order valence-corrected chi connectivity index (χ3v) is 4.12. The van der Waals surface area contributed by atoms with Crippen molar-refractivity contribution in [1.29, 1.82) is 0 Å². The van der Waals surface area contributed by atoms with Crippen molar-refractivity contribution >= 4 is 56.7 Å². The summed E-state index contributed by atoms with van der Waals surface area (Å²) in [5, 5.41) is 3.29. The summed E-state index contributed by atoms with van der Waals surface area (Å²) in [4.78, 5) is 16.7. The number of anilines is 2. The molecule has 0 saturated heterocycles. The molecule has 2 aromatic rings. The summed E-state index contributed by atoms with van der Waals surface area (Å²) in [5.74, 6) is 0.630. The average molecular weight is 373 g/mol. The standard InChI is InChI=1S/C13H11BrClN3OS/c14-8-1-4-12(17-6-8)18-13(19)7-20-11-3-2-9(15)5-10(11)16/h1-6H,7,16H2,(H,17,18,19). The molecule has 104 valence electrons. The number of nitrogens with zero attached hydrogens (tertiary/aromatic N) is 1. The van der Waals surface area contributed by atoms with Crippen molar-refractivity contribution in [2.75, 3.05) is 16.8 Å². The summed E-state index contributed by atoms with van der Waals surface area (Å²) in [6, 6.07) is 8.75. The number of halogens is 2. The molecule has 20 heavy (non-hydrogen) atoms. The van der Waals surface area contributed by atoms with Gasteiger partial charge in [0.05, 0.1) is 5.75 Å². The van der Waals surface area contributed by atoms with Gasteiger partial charge >= 0.3 is 0 Å². The Morgan fingerprint density at radius 1 is 1.40 bits per heavy atom. The molecule has 0 bridgehead atoms. The molecule has 0 fully saturated rings. The number of nitrogens with two attached hydrogens (primary N) is 1. The van der Waals surface area contributed by atoms with Crippen LogP contribution in [0.5, 0.6) is 0 Å². The van der Waals surface area contributed by atoms with E-state index in [1.807, 2.05) is 6.07 Å². The molecule has 0 unspecified atom stereocenters. The SMILES string of the molecule is Nc1cc(Cl)ccc1SCC(=O)Nc1ccc(Br)cn1. The number of benzene rings is 1. The van der Waals surface area contributed by atoms with Gasteiger partial charge in [0, 0.05) is 26.3 Å².